The van der Waals surface area contributed by atoms with E-state index in [1.54, 1.807) is 6.07 Å². The number of nitrogens with zero attached hydrogens (tertiary/aromatic N) is 3. The van der Waals surface area contributed by atoms with Crippen LogP contribution in [0.2, 0.25) is 0 Å². The van der Waals surface area contributed by atoms with Gasteiger partial charge in [-0.05, 0) is 30.0 Å². The lowest BCUT2D eigenvalue weighted by molar-refractivity contribution is -0.384. The lowest BCUT2D eigenvalue weighted by atomic mass is 9.67. The highest BCUT2D eigenvalue weighted by atomic mass is 16.6. The first-order chi connectivity index (χ1) is 16.8. The van der Waals surface area contributed by atoms with Crippen LogP contribution in [0.25, 0.3) is 0 Å². The molecule has 2 atom stereocenters. The first kappa shape index (κ1) is 24.4. The maximum Gasteiger partial charge on any atom is 0.331 e. The number of carbonyl (C=O) groups excluding carboxylic acids is 3. The quantitative estimate of drug-likeness (QED) is 0.346. The van der Waals surface area contributed by atoms with Crippen molar-refractivity contribution in [3.8, 4) is 0 Å². The van der Waals surface area contributed by atoms with Crippen LogP contribution in [0.5, 0.6) is 0 Å². The second-order valence-electron chi connectivity index (χ2n) is 9.21. The number of barbiturate groups is 1. The van der Waals surface area contributed by atoms with Gasteiger partial charge in [-0.3, -0.25) is 29.9 Å². The van der Waals surface area contributed by atoms with Gasteiger partial charge in [0.05, 0.1) is 17.5 Å². The van der Waals surface area contributed by atoms with E-state index >= 15 is 0 Å². The molecular formula is C26H30N4O5. The third kappa shape index (κ3) is 4.26. The van der Waals surface area contributed by atoms with Crippen LogP contribution in [0.15, 0.2) is 48.5 Å². The number of hydrogen-bond acceptors (Lipinski definition) is 6. The predicted octanol–water partition coefficient (Wildman–Crippen LogP) is 4.19. The predicted molar refractivity (Wildman–Crippen MR) is 131 cm³/mol. The number of benzene rings is 2. The Morgan fingerprint density at radius 1 is 1.09 bits per heavy atom. The Kier molecular flexibility index (Phi) is 6.86. The molecule has 0 bridgehead atoms. The van der Waals surface area contributed by atoms with Gasteiger partial charge in [0.2, 0.25) is 11.8 Å². The second-order valence-corrected chi connectivity index (χ2v) is 9.21. The molecule has 0 radical (unpaired) electrons. The molecule has 0 saturated carbocycles. The summed E-state index contributed by atoms with van der Waals surface area (Å²) in [5, 5.41) is 13.9. The van der Waals surface area contributed by atoms with E-state index < -0.39 is 34.2 Å². The maximum atomic E-state index is 14.1. The van der Waals surface area contributed by atoms with Gasteiger partial charge in [-0.15, -0.1) is 0 Å². The topological polar surface area (TPSA) is 113 Å². The largest absolute Gasteiger partial charge is 0.367 e. The van der Waals surface area contributed by atoms with Crippen LogP contribution in [0.1, 0.15) is 50.7 Å². The summed E-state index contributed by atoms with van der Waals surface area (Å²) in [5.74, 6) is -1.18. The highest BCUT2D eigenvalue weighted by molar-refractivity contribution is 6.20. The molecule has 1 spiro atoms. The van der Waals surface area contributed by atoms with Gasteiger partial charge in [-0.2, -0.15) is 0 Å². The van der Waals surface area contributed by atoms with Crippen molar-refractivity contribution in [1.82, 2.24) is 10.2 Å². The first-order valence-electron chi connectivity index (χ1n) is 12.1. The van der Waals surface area contributed by atoms with E-state index in [0.29, 0.717) is 18.5 Å². The minimum absolute atomic E-state index is 0.000537. The Bertz CT molecular complexity index is 1150. The Labute approximate surface area is 204 Å². The summed E-state index contributed by atoms with van der Waals surface area (Å²) in [6.07, 6.45) is 3.02. The number of carbonyl (C=O) groups is 3. The minimum Gasteiger partial charge on any atom is -0.367 e. The Hall–Kier alpha value is -3.75. The summed E-state index contributed by atoms with van der Waals surface area (Å²) in [6.45, 7) is 4.69. The van der Waals surface area contributed by atoms with Crippen molar-refractivity contribution in [3.63, 3.8) is 0 Å². The summed E-state index contributed by atoms with van der Waals surface area (Å²) in [5.41, 5.74) is 0.487. The van der Waals surface area contributed by atoms with Crippen LogP contribution in [-0.4, -0.2) is 40.3 Å². The zero-order valence-electron chi connectivity index (χ0n) is 20.0. The summed E-state index contributed by atoms with van der Waals surface area (Å²) >= 11 is 0. The van der Waals surface area contributed by atoms with E-state index in [-0.39, 0.29) is 18.7 Å². The van der Waals surface area contributed by atoms with Gasteiger partial charge >= 0.3 is 6.03 Å². The van der Waals surface area contributed by atoms with E-state index in [4.69, 9.17) is 0 Å². The van der Waals surface area contributed by atoms with E-state index in [9.17, 15) is 24.5 Å². The van der Waals surface area contributed by atoms with Crippen LogP contribution in [0.3, 0.4) is 0 Å². The summed E-state index contributed by atoms with van der Waals surface area (Å²) < 4.78 is 0. The highest BCUT2D eigenvalue weighted by Gasteiger charge is 2.61. The average molecular weight is 479 g/mol. The molecule has 0 aliphatic carbocycles. The monoisotopic (exact) mass is 478 g/mol. The zero-order chi connectivity index (χ0) is 25.2. The molecule has 2 aromatic carbocycles. The number of nitrogens with one attached hydrogen (secondary N) is 1. The minimum atomic E-state index is -1.56. The van der Waals surface area contributed by atoms with Crippen molar-refractivity contribution in [2.75, 3.05) is 11.4 Å². The molecule has 2 aliphatic rings. The fourth-order valence-corrected chi connectivity index (χ4v) is 5.31. The van der Waals surface area contributed by atoms with E-state index in [1.165, 1.54) is 12.1 Å². The zero-order valence-corrected chi connectivity index (χ0v) is 20.0. The van der Waals surface area contributed by atoms with Crippen molar-refractivity contribution >= 4 is 29.2 Å². The summed E-state index contributed by atoms with van der Waals surface area (Å²) in [7, 11) is 0. The van der Waals surface area contributed by atoms with Crippen LogP contribution >= 0.6 is 0 Å². The molecule has 1 saturated heterocycles. The third-order valence-electron chi connectivity index (χ3n) is 6.99. The number of imide groups is 2. The van der Waals surface area contributed by atoms with Crippen molar-refractivity contribution in [1.29, 1.82) is 0 Å². The molecule has 0 unspecified atom stereocenters. The SMILES string of the molecule is CCCCN1c2ccc([N+](=O)[O-])cc2C[C@]2(C(=O)NC(=O)N(Cc3ccccc3)C2=O)[C@H]1CCC. The van der Waals surface area contributed by atoms with Gasteiger partial charge < -0.3 is 4.90 Å². The van der Waals surface area contributed by atoms with Crippen molar-refractivity contribution in [2.45, 2.75) is 58.5 Å². The number of unbranched alkanes of at least 4 members (excludes halogenated alkanes) is 1. The molecule has 2 aliphatic heterocycles. The normalized spacial score (nSPS) is 21.8. The molecule has 9 heteroatoms. The van der Waals surface area contributed by atoms with Crippen LogP contribution in [0, 0.1) is 15.5 Å². The summed E-state index contributed by atoms with van der Waals surface area (Å²) in [4.78, 5) is 54.7. The molecule has 35 heavy (non-hydrogen) atoms. The smallest absolute Gasteiger partial charge is 0.331 e. The fourth-order valence-electron chi connectivity index (χ4n) is 5.31. The van der Waals surface area contributed by atoms with Crippen LogP contribution in [0.4, 0.5) is 16.2 Å². The Morgan fingerprint density at radius 3 is 2.49 bits per heavy atom. The highest BCUT2D eigenvalue weighted by Crippen LogP contribution is 2.47. The molecule has 1 N–H and O–H groups in total. The number of rotatable bonds is 8. The van der Waals surface area contributed by atoms with Gasteiger partial charge in [0.25, 0.3) is 5.69 Å². The van der Waals surface area contributed by atoms with Crippen molar-refractivity contribution in [3.05, 3.63) is 69.8 Å². The number of nitro groups is 1. The van der Waals surface area contributed by atoms with Crippen molar-refractivity contribution < 1.29 is 19.3 Å². The first-order valence-corrected chi connectivity index (χ1v) is 12.1. The van der Waals surface area contributed by atoms with E-state index in [0.717, 1.165) is 35.4 Å². The Balaban J connectivity index is 1.85. The number of fused-ring (bicyclic) bond motifs is 1. The summed E-state index contributed by atoms with van der Waals surface area (Å²) in [6, 6.07) is 12.6. The average Bonchev–Trinajstić information content (AvgIpc) is 2.85. The molecule has 184 valence electrons. The van der Waals surface area contributed by atoms with Crippen LogP contribution < -0.4 is 10.2 Å². The van der Waals surface area contributed by atoms with E-state index in [1.807, 2.05) is 37.3 Å². The lowest BCUT2D eigenvalue weighted by Crippen LogP contribution is -2.71. The standard InChI is InChI=1S/C26H30N4O5/c1-3-5-14-28-21-13-12-20(30(34)35)15-19(21)16-26(22(28)9-4-2)23(31)27-25(33)29(24(26)32)17-18-10-7-6-8-11-18/h6-8,10-13,15,22H,3-5,9,14,16-17H2,1-2H3,(H,27,31,33)/t22-,26-/m1/s1. The van der Waals surface area contributed by atoms with Gasteiger partial charge in [-0.25, -0.2) is 4.79 Å². The van der Waals surface area contributed by atoms with Crippen LogP contribution in [-0.2, 0) is 22.6 Å². The number of hydrogen-bond donors (Lipinski definition) is 1. The van der Waals surface area contributed by atoms with Crippen molar-refractivity contribution in [2.24, 2.45) is 5.41 Å². The fraction of sp³-hybridized carbons (Fsp3) is 0.423. The number of non-ortho nitro benzene ring substituents is 1. The number of anilines is 1. The molecular weight excluding hydrogens is 448 g/mol. The molecule has 0 aromatic heterocycles. The van der Waals surface area contributed by atoms with Gasteiger partial charge in [0.15, 0.2) is 5.41 Å². The van der Waals surface area contributed by atoms with Gasteiger partial charge in [-0.1, -0.05) is 57.0 Å². The number of amides is 4. The molecule has 4 amide bonds. The van der Waals surface area contributed by atoms with E-state index in [2.05, 4.69) is 17.1 Å². The molecule has 1 fully saturated rings. The molecule has 9 nitrogen and oxygen atoms in total. The maximum absolute atomic E-state index is 14.1. The lowest BCUT2D eigenvalue weighted by Gasteiger charge is -2.52. The Morgan fingerprint density at radius 2 is 1.83 bits per heavy atom. The molecule has 4 rings (SSSR count). The number of urea groups is 1. The second kappa shape index (κ2) is 9.85. The van der Waals surface area contributed by atoms with Gasteiger partial charge in [0, 0.05) is 30.8 Å². The van der Waals surface area contributed by atoms with Gasteiger partial charge in [0.1, 0.15) is 0 Å². The third-order valence-corrected chi connectivity index (χ3v) is 6.99. The number of nitro benzene ring substituents is 1. The molecule has 2 heterocycles. The molecule has 2 aromatic rings.